The lowest BCUT2D eigenvalue weighted by Crippen LogP contribution is -2.48. The summed E-state index contributed by atoms with van der Waals surface area (Å²) < 4.78 is 0. The lowest BCUT2D eigenvalue weighted by atomic mass is 9.68. The fourth-order valence-corrected chi connectivity index (χ4v) is 3.26. The normalized spacial score (nSPS) is 13.2. The van der Waals surface area contributed by atoms with Crippen molar-refractivity contribution >= 4 is 0 Å². The third kappa shape index (κ3) is 3.73. The molecule has 0 aromatic heterocycles. The fourth-order valence-electron chi connectivity index (χ4n) is 3.26. The Bertz CT molecular complexity index is 389. The first-order chi connectivity index (χ1) is 9.64. The van der Waals surface area contributed by atoms with E-state index in [1.807, 2.05) is 0 Å². The van der Waals surface area contributed by atoms with Crippen molar-refractivity contribution in [2.24, 2.45) is 0 Å². The van der Waals surface area contributed by atoms with Gasteiger partial charge in [-0.2, -0.15) is 0 Å². The zero-order valence-corrected chi connectivity index (χ0v) is 13.7. The molecule has 0 amide bonds. The van der Waals surface area contributed by atoms with Crippen LogP contribution in [0.5, 0.6) is 0 Å². The van der Waals surface area contributed by atoms with E-state index in [1.54, 1.807) is 0 Å². The van der Waals surface area contributed by atoms with Crippen molar-refractivity contribution in [2.75, 3.05) is 6.54 Å². The second-order valence-electron chi connectivity index (χ2n) is 5.65. The van der Waals surface area contributed by atoms with Gasteiger partial charge in [-0.1, -0.05) is 70.2 Å². The Labute approximate surface area is 125 Å². The van der Waals surface area contributed by atoms with Gasteiger partial charge in [-0.05, 0) is 37.8 Å². The van der Waals surface area contributed by atoms with Crippen LogP contribution >= 0.6 is 0 Å². The first kappa shape index (κ1) is 17.0. The van der Waals surface area contributed by atoms with Gasteiger partial charge in [0.15, 0.2) is 0 Å². The molecule has 0 aliphatic rings. The summed E-state index contributed by atoms with van der Waals surface area (Å²) in [6.45, 7) is 14.3. The summed E-state index contributed by atoms with van der Waals surface area (Å²) in [5.41, 5.74) is 3.01. The highest BCUT2D eigenvalue weighted by Gasteiger charge is 2.36. The predicted octanol–water partition coefficient (Wildman–Crippen LogP) is 5.08. The molecule has 0 radical (unpaired) electrons. The summed E-state index contributed by atoms with van der Waals surface area (Å²) in [5.74, 6) is 0. The maximum absolute atomic E-state index is 4.23. The number of likely N-dealkylation sites (N-methyl/N-ethyl adjacent to an activating group) is 1. The molecule has 112 valence electrons. The average Bonchev–Trinajstić information content (AvgIpc) is 2.50. The lowest BCUT2D eigenvalue weighted by Gasteiger charge is -2.41. The number of hydrogen-bond donors (Lipinski definition) is 1. The second-order valence-corrected chi connectivity index (χ2v) is 5.65. The van der Waals surface area contributed by atoms with E-state index >= 15 is 0 Å². The second kappa shape index (κ2) is 8.26. The first-order valence-corrected chi connectivity index (χ1v) is 8.10. The summed E-state index contributed by atoms with van der Waals surface area (Å²) in [6.07, 6.45) is 4.45. The van der Waals surface area contributed by atoms with Gasteiger partial charge in [-0.15, -0.1) is 0 Å². The monoisotopic (exact) mass is 273 g/mol. The molecule has 0 saturated heterocycles. The standard InChI is InChI=1S/C19H31N/c1-6-16(5)15-18(20-9-4)19(7-2,8-3)17-13-11-10-12-14-17/h10-14,18,20H,5-9,15H2,1-4H3. The van der Waals surface area contributed by atoms with Crippen LogP contribution in [0, 0.1) is 0 Å². The fraction of sp³-hybridized carbons (Fsp3) is 0.579. The van der Waals surface area contributed by atoms with E-state index in [4.69, 9.17) is 0 Å². The molecular formula is C19H31N. The van der Waals surface area contributed by atoms with Crippen LogP contribution in [0.4, 0.5) is 0 Å². The van der Waals surface area contributed by atoms with E-state index < -0.39 is 0 Å². The SMILES string of the molecule is C=C(CC)CC(NCC)C(CC)(CC)c1ccccc1. The largest absolute Gasteiger partial charge is 0.313 e. The molecule has 0 bridgehead atoms. The molecule has 1 heteroatoms. The maximum Gasteiger partial charge on any atom is 0.0201 e. The van der Waals surface area contributed by atoms with E-state index in [-0.39, 0.29) is 5.41 Å². The zero-order valence-electron chi connectivity index (χ0n) is 13.7. The van der Waals surface area contributed by atoms with Crippen molar-refractivity contribution in [3.8, 4) is 0 Å². The van der Waals surface area contributed by atoms with Crippen molar-refractivity contribution < 1.29 is 0 Å². The van der Waals surface area contributed by atoms with Gasteiger partial charge < -0.3 is 5.32 Å². The quantitative estimate of drug-likeness (QED) is 0.619. The summed E-state index contributed by atoms with van der Waals surface area (Å²) >= 11 is 0. The molecule has 0 fully saturated rings. The maximum atomic E-state index is 4.23. The Hall–Kier alpha value is -1.08. The van der Waals surface area contributed by atoms with E-state index in [0.29, 0.717) is 6.04 Å². The minimum atomic E-state index is 0.204. The van der Waals surface area contributed by atoms with Gasteiger partial charge in [0.1, 0.15) is 0 Å². The van der Waals surface area contributed by atoms with Gasteiger partial charge in [0.05, 0.1) is 0 Å². The van der Waals surface area contributed by atoms with Crippen LogP contribution in [0.25, 0.3) is 0 Å². The molecule has 1 rings (SSSR count). The molecule has 20 heavy (non-hydrogen) atoms. The lowest BCUT2D eigenvalue weighted by molar-refractivity contribution is 0.270. The van der Waals surface area contributed by atoms with Crippen LogP contribution in [0.3, 0.4) is 0 Å². The third-order valence-electron chi connectivity index (χ3n) is 4.72. The van der Waals surface area contributed by atoms with Crippen LogP contribution in [0.1, 0.15) is 58.9 Å². The molecule has 1 nitrogen and oxygen atoms in total. The number of hydrogen-bond acceptors (Lipinski definition) is 1. The zero-order chi connectivity index (χ0) is 15.0. The van der Waals surface area contributed by atoms with Crippen LogP contribution < -0.4 is 5.32 Å². The summed E-state index contributed by atoms with van der Waals surface area (Å²) in [7, 11) is 0. The minimum Gasteiger partial charge on any atom is -0.313 e. The van der Waals surface area contributed by atoms with E-state index in [1.165, 1.54) is 11.1 Å². The van der Waals surface area contributed by atoms with Gasteiger partial charge >= 0.3 is 0 Å². The Balaban J connectivity index is 3.15. The molecule has 0 spiro atoms. The van der Waals surface area contributed by atoms with E-state index in [0.717, 1.165) is 32.2 Å². The molecule has 1 N–H and O–H groups in total. The molecule has 1 atom stereocenters. The van der Waals surface area contributed by atoms with Crippen molar-refractivity contribution in [3.05, 3.63) is 48.0 Å². The molecule has 1 aromatic carbocycles. The minimum absolute atomic E-state index is 0.204. The van der Waals surface area contributed by atoms with Crippen molar-refractivity contribution in [1.29, 1.82) is 0 Å². The van der Waals surface area contributed by atoms with E-state index in [9.17, 15) is 0 Å². The van der Waals surface area contributed by atoms with E-state index in [2.05, 4.69) is 69.9 Å². The summed E-state index contributed by atoms with van der Waals surface area (Å²) in [5, 5.41) is 3.73. The van der Waals surface area contributed by atoms with Crippen molar-refractivity contribution in [1.82, 2.24) is 5.32 Å². The Morgan fingerprint density at radius 2 is 1.70 bits per heavy atom. The van der Waals surface area contributed by atoms with Crippen LogP contribution in [-0.2, 0) is 5.41 Å². The summed E-state index contributed by atoms with van der Waals surface area (Å²) in [6, 6.07) is 11.5. The van der Waals surface area contributed by atoms with Gasteiger partial charge in [-0.25, -0.2) is 0 Å². The molecule has 1 unspecified atom stereocenters. The van der Waals surface area contributed by atoms with Crippen molar-refractivity contribution in [3.63, 3.8) is 0 Å². The molecule has 1 aromatic rings. The number of rotatable bonds is 9. The molecule has 0 aliphatic heterocycles. The first-order valence-electron chi connectivity index (χ1n) is 8.10. The smallest absolute Gasteiger partial charge is 0.0201 e. The van der Waals surface area contributed by atoms with Crippen LogP contribution in [0.2, 0.25) is 0 Å². The van der Waals surface area contributed by atoms with Crippen LogP contribution in [0.15, 0.2) is 42.5 Å². The van der Waals surface area contributed by atoms with Gasteiger partial charge in [-0.3, -0.25) is 0 Å². The van der Waals surface area contributed by atoms with Crippen LogP contribution in [-0.4, -0.2) is 12.6 Å². The Morgan fingerprint density at radius 3 is 2.15 bits per heavy atom. The predicted molar refractivity (Wildman–Crippen MR) is 90.2 cm³/mol. The molecule has 0 heterocycles. The topological polar surface area (TPSA) is 12.0 Å². The van der Waals surface area contributed by atoms with Gasteiger partial charge in [0.25, 0.3) is 0 Å². The molecule has 0 aliphatic carbocycles. The van der Waals surface area contributed by atoms with Crippen molar-refractivity contribution in [2.45, 2.75) is 64.8 Å². The number of benzene rings is 1. The Kier molecular flexibility index (Phi) is 7.01. The number of nitrogens with one attached hydrogen (secondary N) is 1. The van der Waals surface area contributed by atoms with Gasteiger partial charge in [0.2, 0.25) is 0 Å². The molecule has 0 saturated carbocycles. The highest BCUT2D eigenvalue weighted by molar-refractivity contribution is 5.28. The average molecular weight is 273 g/mol. The summed E-state index contributed by atoms with van der Waals surface area (Å²) in [4.78, 5) is 0. The highest BCUT2D eigenvalue weighted by atomic mass is 14.9. The third-order valence-corrected chi connectivity index (χ3v) is 4.72. The highest BCUT2D eigenvalue weighted by Crippen LogP contribution is 2.37. The molecular weight excluding hydrogens is 242 g/mol. The Morgan fingerprint density at radius 1 is 1.10 bits per heavy atom. The van der Waals surface area contributed by atoms with Gasteiger partial charge in [0, 0.05) is 11.5 Å².